The van der Waals surface area contributed by atoms with Crippen molar-refractivity contribution in [2.75, 3.05) is 54.4 Å². The van der Waals surface area contributed by atoms with Gasteiger partial charge in [-0.15, -0.1) is 0 Å². The van der Waals surface area contributed by atoms with E-state index < -0.39 is 0 Å². The van der Waals surface area contributed by atoms with Crippen molar-refractivity contribution in [3.8, 4) is 5.75 Å². The molecular weight excluding hydrogens is 250 g/mol. The van der Waals surface area contributed by atoms with Crippen LogP contribution in [0.25, 0.3) is 0 Å². The first kappa shape index (κ1) is 17.0. The van der Waals surface area contributed by atoms with E-state index in [-0.39, 0.29) is 0 Å². The first-order chi connectivity index (χ1) is 9.58. The van der Waals surface area contributed by atoms with Crippen LogP contribution in [0.2, 0.25) is 0 Å². The lowest BCUT2D eigenvalue weighted by molar-refractivity contribution is 0.261. The number of likely N-dealkylation sites (N-methyl/N-ethyl adjacent to an activating group) is 1. The Bertz CT molecular complexity index is 349. The third-order valence-corrected chi connectivity index (χ3v) is 3.02. The van der Waals surface area contributed by atoms with Gasteiger partial charge in [-0.3, -0.25) is 0 Å². The fourth-order valence-corrected chi connectivity index (χ4v) is 1.80. The zero-order chi connectivity index (χ0) is 14.8. The molecule has 0 bridgehead atoms. The summed E-state index contributed by atoms with van der Waals surface area (Å²) in [6.45, 7) is 4.78. The number of benzene rings is 1. The summed E-state index contributed by atoms with van der Waals surface area (Å²) < 4.78 is 5.67. The van der Waals surface area contributed by atoms with Gasteiger partial charge in [0.1, 0.15) is 12.4 Å². The molecule has 4 nitrogen and oxygen atoms in total. The van der Waals surface area contributed by atoms with Gasteiger partial charge in [0.05, 0.1) is 0 Å². The van der Waals surface area contributed by atoms with E-state index in [4.69, 9.17) is 4.74 Å². The molecule has 0 aliphatic rings. The molecular formula is C16H29N3O. The van der Waals surface area contributed by atoms with Gasteiger partial charge < -0.3 is 19.9 Å². The lowest BCUT2D eigenvalue weighted by Gasteiger charge is -2.12. The SMILES string of the molecule is CN(C)CCCNCc1ccc(OCCN(C)C)cc1. The van der Waals surface area contributed by atoms with Gasteiger partial charge in [0, 0.05) is 13.1 Å². The average Bonchev–Trinajstić information content (AvgIpc) is 2.39. The molecule has 0 spiro atoms. The quantitative estimate of drug-likeness (QED) is 0.659. The summed E-state index contributed by atoms with van der Waals surface area (Å²) in [7, 11) is 8.31. The molecule has 20 heavy (non-hydrogen) atoms. The fourth-order valence-electron chi connectivity index (χ4n) is 1.80. The molecule has 0 heterocycles. The van der Waals surface area contributed by atoms with E-state index in [2.05, 4.69) is 55.4 Å². The van der Waals surface area contributed by atoms with Gasteiger partial charge in [-0.25, -0.2) is 0 Å². The number of hydrogen-bond donors (Lipinski definition) is 1. The highest BCUT2D eigenvalue weighted by molar-refractivity contribution is 5.27. The van der Waals surface area contributed by atoms with Crippen LogP contribution in [0.1, 0.15) is 12.0 Å². The summed E-state index contributed by atoms with van der Waals surface area (Å²) in [6.07, 6.45) is 1.18. The maximum Gasteiger partial charge on any atom is 0.119 e. The molecule has 1 N–H and O–H groups in total. The molecule has 0 radical (unpaired) electrons. The van der Waals surface area contributed by atoms with Gasteiger partial charge >= 0.3 is 0 Å². The van der Waals surface area contributed by atoms with Crippen LogP contribution >= 0.6 is 0 Å². The Morgan fingerprint density at radius 1 is 0.950 bits per heavy atom. The van der Waals surface area contributed by atoms with Gasteiger partial charge in [-0.2, -0.15) is 0 Å². The Hall–Kier alpha value is -1.10. The summed E-state index contributed by atoms with van der Waals surface area (Å²) in [6, 6.07) is 8.35. The van der Waals surface area contributed by atoms with Gasteiger partial charge in [0.25, 0.3) is 0 Å². The van der Waals surface area contributed by atoms with Gasteiger partial charge in [0.15, 0.2) is 0 Å². The number of rotatable bonds is 10. The molecule has 0 saturated heterocycles. The van der Waals surface area contributed by atoms with E-state index >= 15 is 0 Å². The predicted octanol–water partition coefficient (Wildman–Crippen LogP) is 1.67. The minimum absolute atomic E-state index is 0.731. The van der Waals surface area contributed by atoms with Crippen LogP contribution in [-0.4, -0.2) is 64.2 Å². The zero-order valence-corrected chi connectivity index (χ0v) is 13.4. The Morgan fingerprint density at radius 3 is 2.20 bits per heavy atom. The van der Waals surface area contributed by atoms with Crippen molar-refractivity contribution in [2.45, 2.75) is 13.0 Å². The maximum atomic E-state index is 5.67. The molecule has 4 heteroatoms. The Morgan fingerprint density at radius 2 is 1.60 bits per heavy atom. The topological polar surface area (TPSA) is 27.7 Å². The summed E-state index contributed by atoms with van der Waals surface area (Å²) in [5.74, 6) is 0.947. The second kappa shape index (κ2) is 9.75. The predicted molar refractivity (Wildman–Crippen MR) is 85.4 cm³/mol. The zero-order valence-electron chi connectivity index (χ0n) is 13.4. The molecule has 0 fully saturated rings. The van der Waals surface area contributed by atoms with Gasteiger partial charge in [-0.1, -0.05) is 12.1 Å². The van der Waals surface area contributed by atoms with E-state index in [0.717, 1.165) is 38.5 Å². The minimum atomic E-state index is 0.731. The Labute approximate surface area is 123 Å². The van der Waals surface area contributed by atoms with Crippen LogP contribution in [0.5, 0.6) is 5.75 Å². The van der Waals surface area contributed by atoms with Gasteiger partial charge in [-0.05, 0) is 65.4 Å². The summed E-state index contributed by atoms with van der Waals surface area (Å²) >= 11 is 0. The largest absolute Gasteiger partial charge is 0.492 e. The van der Waals surface area contributed by atoms with E-state index in [0.29, 0.717) is 0 Å². The highest BCUT2D eigenvalue weighted by Gasteiger charge is 1.97. The summed E-state index contributed by atoms with van der Waals surface area (Å²) in [5, 5.41) is 3.46. The normalized spacial score (nSPS) is 11.3. The van der Waals surface area contributed by atoms with Crippen molar-refractivity contribution in [3.63, 3.8) is 0 Å². The number of nitrogens with zero attached hydrogens (tertiary/aromatic N) is 2. The second-order valence-corrected chi connectivity index (χ2v) is 5.63. The second-order valence-electron chi connectivity index (χ2n) is 5.63. The van der Waals surface area contributed by atoms with Crippen LogP contribution in [0.3, 0.4) is 0 Å². The summed E-state index contributed by atoms with van der Waals surface area (Å²) in [5.41, 5.74) is 1.30. The van der Waals surface area contributed by atoms with Gasteiger partial charge in [0.2, 0.25) is 0 Å². The molecule has 1 aromatic rings. The third-order valence-electron chi connectivity index (χ3n) is 3.02. The van der Waals surface area contributed by atoms with Crippen molar-refractivity contribution in [3.05, 3.63) is 29.8 Å². The Balaban J connectivity index is 2.18. The first-order valence-electron chi connectivity index (χ1n) is 7.30. The van der Waals surface area contributed by atoms with Crippen LogP contribution in [-0.2, 0) is 6.54 Å². The fraction of sp³-hybridized carbons (Fsp3) is 0.625. The van der Waals surface area contributed by atoms with Crippen LogP contribution in [0, 0.1) is 0 Å². The minimum Gasteiger partial charge on any atom is -0.492 e. The third kappa shape index (κ3) is 8.15. The van der Waals surface area contributed by atoms with Crippen LogP contribution < -0.4 is 10.1 Å². The number of nitrogens with one attached hydrogen (secondary N) is 1. The molecule has 0 amide bonds. The number of ether oxygens (including phenoxy) is 1. The molecule has 0 aromatic heterocycles. The molecule has 1 rings (SSSR count). The highest BCUT2D eigenvalue weighted by Crippen LogP contribution is 2.11. The highest BCUT2D eigenvalue weighted by atomic mass is 16.5. The Kier molecular flexibility index (Phi) is 8.26. The van der Waals surface area contributed by atoms with Crippen molar-refractivity contribution in [2.24, 2.45) is 0 Å². The molecule has 0 atom stereocenters. The van der Waals surface area contributed by atoms with Crippen molar-refractivity contribution in [1.29, 1.82) is 0 Å². The van der Waals surface area contributed by atoms with E-state index in [9.17, 15) is 0 Å². The molecule has 114 valence electrons. The van der Waals surface area contributed by atoms with E-state index in [1.165, 1.54) is 12.0 Å². The standard InChI is InChI=1S/C16H29N3O/c1-18(2)11-5-10-17-14-15-6-8-16(9-7-15)20-13-12-19(3)4/h6-9,17H,5,10-14H2,1-4H3. The van der Waals surface area contributed by atoms with E-state index in [1.54, 1.807) is 0 Å². The molecule has 0 aliphatic carbocycles. The monoisotopic (exact) mass is 279 g/mol. The molecule has 1 aromatic carbocycles. The lowest BCUT2D eigenvalue weighted by atomic mass is 10.2. The first-order valence-corrected chi connectivity index (χ1v) is 7.30. The van der Waals surface area contributed by atoms with Crippen molar-refractivity contribution in [1.82, 2.24) is 15.1 Å². The molecule has 0 unspecified atom stereocenters. The van der Waals surface area contributed by atoms with Crippen LogP contribution in [0.15, 0.2) is 24.3 Å². The van der Waals surface area contributed by atoms with Crippen molar-refractivity contribution >= 4 is 0 Å². The molecule has 0 saturated carbocycles. The molecule has 0 aliphatic heterocycles. The van der Waals surface area contributed by atoms with E-state index in [1.807, 2.05) is 12.1 Å². The van der Waals surface area contributed by atoms with Crippen LogP contribution in [0.4, 0.5) is 0 Å². The smallest absolute Gasteiger partial charge is 0.119 e. The van der Waals surface area contributed by atoms with Crippen molar-refractivity contribution < 1.29 is 4.74 Å². The summed E-state index contributed by atoms with van der Waals surface area (Å²) in [4.78, 5) is 4.33. The maximum absolute atomic E-state index is 5.67. The lowest BCUT2D eigenvalue weighted by Crippen LogP contribution is -2.21. The number of hydrogen-bond acceptors (Lipinski definition) is 4. The average molecular weight is 279 g/mol.